The number of benzene rings is 2. The van der Waals surface area contributed by atoms with Crippen molar-refractivity contribution < 1.29 is 25.9 Å². The zero-order valence-electron chi connectivity index (χ0n) is 15.9. The van der Waals surface area contributed by atoms with Crippen LogP contribution >= 0.6 is 22.6 Å². The average molecular weight is 561 g/mol. The van der Waals surface area contributed by atoms with Crippen LogP contribution in [-0.2, 0) is 27.4 Å². The maximum absolute atomic E-state index is 13.4. The van der Waals surface area contributed by atoms with E-state index >= 15 is 0 Å². The molecule has 2 rings (SSSR count). The van der Waals surface area contributed by atoms with Crippen molar-refractivity contribution in [2.24, 2.45) is 0 Å². The number of rotatable bonds is 6. The van der Waals surface area contributed by atoms with Crippen LogP contribution < -0.4 is 9.67 Å². The monoisotopic (exact) mass is 561 g/mol. The maximum atomic E-state index is 13.4. The van der Waals surface area contributed by atoms with E-state index in [0.717, 1.165) is 27.2 Å². The van der Waals surface area contributed by atoms with E-state index in [2.05, 4.69) is 27.9 Å². The third kappa shape index (κ3) is 5.62. The molecule has 150 valence electrons. The molecule has 0 heterocycles. The summed E-state index contributed by atoms with van der Waals surface area (Å²) in [5.41, 5.74) is 2.97. The molecule has 2 N–H and O–H groups in total. The molecule has 1 atom stereocenters. The summed E-state index contributed by atoms with van der Waals surface area (Å²) in [6, 6.07) is 7.89. The molecule has 0 spiro atoms. The summed E-state index contributed by atoms with van der Waals surface area (Å²) in [7, 11) is 0. The van der Waals surface area contributed by atoms with Crippen LogP contribution in [0.2, 0.25) is 0 Å². The third-order valence-corrected chi connectivity index (χ3v) is 8.70. The van der Waals surface area contributed by atoms with E-state index in [1.165, 1.54) is 25.1 Å². The number of phenols is 1. The summed E-state index contributed by atoms with van der Waals surface area (Å²) in [6.07, 6.45) is 0. The molecule has 7 nitrogen and oxygen atoms in total. The standard InChI is InChI=1S/C19H21AsINO6/c1-11-7-12(2)16(17(21)8-11)10-27-20(26,28-14(4)24)15-5-6-19(25)18(9-15)22-13(3)23/h5-9,25H,10H2,1-4H3,(H,22,23). The van der Waals surface area contributed by atoms with Crippen molar-refractivity contribution in [1.82, 2.24) is 0 Å². The third-order valence-electron chi connectivity index (χ3n) is 3.80. The first-order valence-electron chi connectivity index (χ1n) is 8.33. The number of hydrogen-bond acceptors (Lipinski definition) is 6. The van der Waals surface area contributed by atoms with Gasteiger partial charge in [0.25, 0.3) is 0 Å². The van der Waals surface area contributed by atoms with E-state index < -0.39 is 26.0 Å². The van der Waals surface area contributed by atoms with Crippen molar-refractivity contribution in [2.75, 3.05) is 5.32 Å². The molecule has 0 aliphatic rings. The first-order valence-corrected chi connectivity index (χ1v) is 12.6. The van der Waals surface area contributed by atoms with Gasteiger partial charge in [0.15, 0.2) is 0 Å². The van der Waals surface area contributed by atoms with Gasteiger partial charge in [-0.05, 0) is 0 Å². The zero-order chi connectivity index (χ0) is 21.1. The zero-order valence-corrected chi connectivity index (χ0v) is 19.9. The van der Waals surface area contributed by atoms with Gasteiger partial charge in [0.05, 0.1) is 0 Å². The SMILES string of the molecule is CC(=O)Nc1cc([As](=O)(OCc2c(C)cc(C)cc2I)OC(C)=O)ccc1O. The van der Waals surface area contributed by atoms with Crippen LogP contribution in [0, 0.1) is 17.4 Å². The Labute approximate surface area is 179 Å². The van der Waals surface area contributed by atoms with E-state index in [9.17, 15) is 18.4 Å². The molecular formula is C19H21AsINO6. The van der Waals surface area contributed by atoms with Gasteiger partial charge < -0.3 is 0 Å². The number of nitrogens with one attached hydrogen (secondary N) is 1. The number of halogens is 1. The van der Waals surface area contributed by atoms with Crippen molar-refractivity contribution in [3.63, 3.8) is 0 Å². The molecule has 0 aliphatic carbocycles. The molecule has 2 aromatic rings. The fourth-order valence-electron chi connectivity index (χ4n) is 2.58. The normalized spacial score (nSPS) is 12.9. The molecule has 0 fully saturated rings. The first-order chi connectivity index (χ1) is 13.0. The van der Waals surface area contributed by atoms with Gasteiger partial charge in [-0.2, -0.15) is 0 Å². The molecule has 1 unspecified atom stereocenters. The van der Waals surface area contributed by atoms with Crippen LogP contribution in [-0.4, -0.2) is 31.2 Å². The van der Waals surface area contributed by atoms with Gasteiger partial charge in [0.2, 0.25) is 0 Å². The molecule has 28 heavy (non-hydrogen) atoms. The number of aryl methyl sites for hydroxylation is 2. The van der Waals surface area contributed by atoms with E-state index in [1.807, 2.05) is 26.0 Å². The fourth-order valence-corrected chi connectivity index (χ4v) is 6.78. The Morgan fingerprint density at radius 3 is 2.43 bits per heavy atom. The summed E-state index contributed by atoms with van der Waals surface area (Å²) in [6.45, 7) is 6.32. The summed E-state index contributed by atoms with van der Waals surface area (Å²) in [5, 5.41) is 12.3. The number of phenolic OH excluding ortho intramolecular Hbond substituents is 1. The Hall–Kier alpha value is -1.77. The van der Waals surface area contributed by atoms with Crippen LogP contribution in [0.5, 0.6) is 5.75 Å². The van der Waals surface area contributed by atoms with Crippen molar-refractivity contribution in [2.45, 2.75) is 34.3 Å². The predicted octanol–water partition coefficient (Wildman–Crippen LogP) is 2.93. The van der Waals surface area contributed by atoms with E-state index in [0.29, 0.717) is 0 Å². The van der Waals surface area contributed by atoms with Gasteiger partial charge >= 0.3 is 181 Å². The van der Waals surface area contributed by atoms with Crippen LogP contribution in [0.4, 0.5) is 5.69 Å². The minimum atomic E-state index is -4.82. The summed E-state index contributed by atoms with van der Waals surface area (Å²) < 4.78 is 25.3. The number of aromatic hydroxyl groups is 1. The fraction of sp³-hybridized carbons (Fsp3) is 0.263. The molecule has 9 heteroatoms. The Kier molecular flexibility index (Phi) is 7.36. The van der Waals surface area contributed by atoms with E-state index in [4.69, 9.17) is 7.45 Å². The van der Waals surface area contributed by atoms with E-state index in [1.54, 1.807) is 0 Å². The topological polar surface area (TPSA) is 102 Å². The second-order valence-corrected chi connectivity index (χ2v) is 11.5. The molecule has 0 aromatic heterocycles. The quantitative estimate of drug-likeness (QED) is 0.320. The Bertz CT molecular complexity index is 952. The molecule has 2 aromatic carbocycles. The number of hydrogen-bond donors (Lipinski definition) is 2. The van der Waals surface area contributed by atoms with Crippen LogP contribution in [0.15, 0.2) is 30.3 Å². The predicted molar refractivity (Wildman–Crippen MR) is 114 cm³/mol. The van der Waals surface area contributed by atoms with Gasteiger partial charge in [-0.15, -0.1) is 0 Å². The molecular weight excluding hydrogens is 540 g/mol. The van der Waals surface area contributed by atoms with Gasteiger partial charge in [0.1, 0.15) is 0 Å². The molecule has 0 saturated heterocycles. The van der Waals surface area contributed by atoms with Crippen molar-refractivity contribution in [1.29, 1.82) is 0 Å². The number of carbonyl (C=O) groups is 2. The minimum absolute atomic E-state index is 0.00941. The average Bonchev–Trinajstić information content (AvgIpc) is 2.54. The summed E-state index contributed by atoms with van der Waals surface area (Å²) >= 11 is -2.64. The van der Waals surface area contributed by atoms with Gasteiger partial charge in [-0.1, -0.05) is 0 Å². The van der Waals surface area contributed by atoms with E-state index in [-0.39, 0.29) is 22.4 Å². The van der Waals surface area contributed by atoms with Gasteiger partial charge in [-0.3, -0.25) is 0 Å². The van der Waals surface area contributed by atoms with Crippen LogP contribution in [0.25, 0.3) is 0 Å². The van der Waals surface area contributed by atoms with Crippen molar-refractivity contribution >= 4 is 58.7 Å². The Morgan fingerprint density at radius 1 is 1.18 bits per heavy atom. The number of anilines is 1. The molecule has 0 aliphatic heterocycles. The van der Waals surface area contributed by atoms with Gasteiger partial charge in [0, 0.05) is 0 Å². The first kappa shape index (κ1) is 22.5. The summed E-state index contributed by atoms with van der Waals surface area (Å²) in [4.78, 5) is 22.9. The van der Waals surface area contributed by atoms with Crippen molar-refractivity contribution in [3.8, 4) is 5.75 Å². The van der Waals surface area contributed by atoms with Crippen molar-refractivity contribution in [3.05, 3.63) is 50.6 Å². The Balaban J connectivity index is 2.41. The second-order valence-electron chi connectivity index (χ2n) is 6.28. The molecule has 1 amide bonds. The molecule has 0 radical (unpaired) electrons. The number of carbonyl (C=O) groups excluding carboxylic acids is 2. The van der Waals surface area contributed by atoms with Gasteiger partial charge in [-0.25, -0.2) is 0 Å². The molecule has 0 bridgehead atoms. The second kappa shape index (κ2) is 9.15. The van der Waals surface area contributed by atoms with Crippen LogP contribution in [0.1, 0.15) is 30.5 Å². The number of amides is 1. The Morgan fingerprint density at radius 2 is 1.86 bits per heavy atom. The summed E-state index contributed by atoms with van der Waals surface area (Å²) in [5.74, 6) is -1.35. The molecule has 0 saturated carbocycles. The van der Waals surface area contributed by atoms with Crippen LogP contribution in [0.3, 0.4) is 0 Å².